The fourth-order valence-corrected chi connectivity index (χ4v) is 5.79. The molecular weight excluding hydrogens is 466 g/mol. The van der Waals surface area contributed by atoms with Crippen molar-refractivity contribution in [2.75, 3.05) is 20.9 Å². The number of halogens is 2. The Balaban J connectivity index is 1.39. The van der Waals surface area contributed by atoms with Crippen LogP contribution in [-0.2, 0) is 0 Å². The summed E-state index contributed by atoms with van der Waals surface area (Å²) < 4.78 is 28.0. The molecular formula is C26H36F2N6O2. The fraction of sp³-hybridized carbons (Fsp3) is 0.615. The molecule has 1 aliphatic heterocycles. The van der Waals surface area contributed by atoms with E-state index in [1.54, 1.807) is 6.20 Å². The smallest absolute Gasteiger partial charge is 0.224 e. The van der Waals surface area contributed by atoms with E-state index in [1.807, 2.05) is 13.8 Å². The maximum atomic E-state index is 14.5. The highest BCUT2D eigenvalue weighted by Gasteiger charge is 2.40. The fourth-order valence-electron chi connectivity index (χ4n) is 5.79. The first-order chi connectivity index (χ1) is 17.2. The van der Waals surface area contributed by atoms with Gasteiger partial charge in [-0.05, 0) is 83.3 Å². The monoisotopic (exact) mass is 502 g/mol. The second kappa shape index (κ2) is 9.97. The molecule has 1 unspecified atom stereocenters. The van der Waals surface area contributed by atoms with E-state index >= 15 is 0 Å². The molecule has 0 amide bonds. The summed E-state index contributed by atoms with van der Waals surface area (Å²) in [6.45, 7) is 3.73. The van der Waals surface area contributed by atoms with Crippen molar-refractivity contribution in [1.29, 1.82) is 0 Å². The molecule has 2 aromatic rings. The zero-order chi connectivity index (χ0) is 25.4. The maximum Gasteiger partial charge on any atom is 0.224 e. The topological polar surface area (TPSA) is 106 Å². The van der Waals surface area contributed by atoms with Crippen LogP contribution in [0.4, 0.5) is 31.9 Å². The van der Waals surface area contributed by atoms with Crippen LogP contribution >= 0.6 is 0 Å². The second-order valence-electron chi connectivity index (χ2n) is 11.0. The number of benzene rings is 1. The molecule has 0 radical (unpaired) electrons. The number of rotatable bonds is 6. The van der Waals surface area contributed by atoms with E-state index in [-0.39, 0.29) is 29.8 Å². The maximum absolute atomic E-state index is 14.5. The van der Waals surface area contributed by atoms with Gasteiger partial charge in [-0.2, -0.15) is 4.98 Å². The summed E-state index contributed by atoms with van der Waals surface area (Å²) in [5.74, 6) is 0.190. The first-order valence-electron chi connectivity index (χ1n) is 13.0. The highest BCUT2D eigenvalue weighted by Crippen LogP contribution is 2.41. The van der Waals surface area contributed by atoms with Gasteiger partial charge < -0.3 is 31.1 Å². The Bertz CT molecular complexity index is 1060. The van der Waals surface area contributed by atoms with Crippen LogP contribution in [0.5, 0.6) is 0 Å². The lowest BCUT2D eigenvalue weighted by molar-refractivity contribution is -0.00168. The Morgan fingerprint density at radius 2 is 1.75 bits per heavy atom. The lowest BCUT2D eigenvalue weighted by Crippen LogP contribution is -2.50. The molecule has 2 heterocycles. The van der Waals surface area contributed by atoms with Crippen LogP contribution in [0.1, 0.15) is 65.2 Å². The van der Waals surface area contributed by atoms with Gasteiger partial charge in [0.1, 0.15) is 11.6 Å². The van der Waals surface area contributed by atoms with Crippen molar-refractivity contribution in [1.82, 2.24) is 9.97 Å². The van der Waals surface area contributed by atoms with Gasteiger partial charge in [0, 0.05) is 18.2 Å². The van der Waals surface area contributed by atoms with Crippen molar-refractivity contribution in [3.63, 3.8) is 0 Å². The van der Waals surface area contributed by atoms with Crippen LogP contribution in [-0.4, -0.2) is 50.3 Å². The highest BCUT2D eigenvalue weighted by atomic mass is 19.1. The molecule has 2 fully saturated rings. The van der Waals surface area contributed by atoms with Crippen LogP contribution in [0.25, 0.3) is 0 Å². The summed E-state index contributed by atoms with van der Waals surface area (Å²) in [5, 5.41) is 30.3. The number of fused-ring (bicyclic) bond motifs is 1. The van der Waals surface area contributed by atoms with Gasteiger partial charge in [-0.3, -0.25) is 0 Å². The second-order valence-corrected chi connectivity index (χ2v) is 11.0. The molecule has 5 rings (SSSR count). The van der Waals surface area contributed by atoms with Gasteiger partial charge in [-0.1, -0.05) is 0 Å². The standard InChI is InChI=1S/C26H36F2N6O2/c1-26(2,36)15-3-8-18(9-4-15)34-23-22(32-25(34)31-21-12-5-16(27)13-20(21)28)14-29-24(33-23)30-17-6-10-19(35)11-7-17/h5,12-15,17-19,25,31-32,35-36H,3-4,6-11H2,1-2H3,(H,29,30,33). The van der Waals surface area contributed by atoms with E-state index in [9.17, 15) is 19.0 Å². The molecule has 10 heteroatoms. The summed E-state index contributed by atoms with van der Waals surface area (Å²) in [4.78, 5) is 11.5. The van der Waals surface area contributed by atoms with Crippen molar-refractivity contribution in [3.8, 4) is 0 Å². The Morgan fingerprint density at radius 1 is 1.03 bits per heavy atom. The molecule has 36 heavy (non-hydrogen) atoms. The highest BCUT2D eigenvalue weighted by molar-refractivity contribution is 5.74. The molecule has 2 aliphatic carbocycles. The minimum Gasteiger partial charge on any atom is -0.393 e. The third-order valence-corrected chi connectivity index (χ3v) is 7.93. The van der Waals surface area contributed by atoms with Crippen LogP contribution in [0.3, 0.4) is 0 Å². The van der Waals surface area contributed by atoms with Gasteiger partial charge >= 0.3 is 0 Å². The molecule has 2 saturated carbocycles. The van der Waals surface area contributed by atoms with Crippen LogP contribution in [0, 0.1) is 17.6 Å². The first-order valence-corrected chi connectivity index (χ1v) is 13.0. The molecule has 1 atom stereocenters. The van der Waals surface area contributed by atoms with Crippen molar-refractivity contribution in [2.45, 2.75) is 95.3 Å². The lowest BCUT2D eigenvalue weighted by Gasteiger charge is -2.41. The van der Waals surface area contributed by atoms with Gasteiger partial charge in [-0.15, -0.1) is 0 Å². The number of aromatic nitrogens is 2. The van der Waals surface area contributed by atoms with Gasteiger partial charge in [-0.25, -0.2) is 13.8 Å². The van der Waals surface area contributed by atoms with Gasteiger partial charge in [0.15, 0.2) is 12.1 Å². The SMILES string of the molecule is CC(C)(O)C1CCC(N2c3nc(NC4CCC(O)CC4)ncc3NC2Nc2ccc(F)cc2F)CC1. The van der Waals surface area contributed by atoms with Gasteiger partial charge in [0.2, 0.25) is 5.95 Å². The first kappa shape index (κ1) is 25.0. The number of anilines is 4. The molecule has 1 aromatic heterocycles. The Labute approximate surface area is 210 Å². The summed E-state index contributed by atoms with van der Waals surface area (Å²) in [5.41, 5.74) is 0.210. The molecule has 0 saturated heterocycles. The molecule has 196 valence electrons. The number of nitrogens with one attached hydrogen (secondary N) is 3. The molecule has 0 bridgehead atoms. The minimum absolute atomic E-state index is 0.117. The predicted octanol–water partition coefficient (Wildman–Crippen LogP) is 4.43. The van der Waals surface area contributed by atoms with E-state index in [0.29, 0.717) is 5.95 Å². The number of aliphatic hydroxyl groups is 2. The Hall–Kier alpha value is -2.72. The average Bonchev–Trinajstić information content (AvgIpc) is 3.19. The largest absolute Gasteiger partial charge is 0.393 e. The molecule has 1 aromatic carbocycles. The summed E-state index contributed by atoms with van der Waals surface area (Å²) in [6, 6.07) is 3.82. The summed E-state index contributed by atoms with van der Waals surface area (Å²) in [6.07, 6.45) is 7.71. The number of hydrogen-bond acceptors (Lipinski definition) is 8. The quantitative estimate of drug-likeness (QED) is 0.395. The third-order valence-electron chi connectivity index (χ3n) is 7.93. The summed E-state index contributed by atoms with van der Waals surface area (Å²) in [7, 11) is 0. The van der Waals surface area contributed by atoms with E-state index in [0.717, 1.165) is 68.9 Å². The van der Waals surface area contributed by atoms with Gasteiger partial charge in [0.05, 0.1) is 29.3 Å². The molecule has 3 aliphatic rings. The number of nitrogens with zero attached hydrogens (tertiary/aromatic N) is 3. The third kappa shape index (κ3) is 5.34. The molecule has 5 N–H and O–H groups in total. The van der Waals surface area contributed by atoms with Crippen LogP contribution in [0.2, 0.25) is 0 Å². The van der Waals surface area contributed by atoms with Crippen LogP contribution in [0.15, 0.2) is 24.4 Å². The predicted molar refractivity (Wildman–Crippen MR) is 136 cm³/mol. The zero-order valence-corrected chi connectivity index (χ0v) is 20.8. The van der Waals surface area contributed by atoms with E-state index in [4.69, 9.17) is 4.98 Å². The van der Waals surface area contributed by atoms with E-state index < -0.39 is 23.5 Å². The van der Waals surface area contributed by atoms with E-state index in [2.05, 4.69) is 25.8 Å². The molecule has 8 nitrogen and oxygen atoms in total. The van der Waals surface area contributed by atoms with Crippen molar-refractivity contribution in [3.05, 3.63) is 36.0 Å². The normalized spacial score (nSPS) is 28.4. The van der Waals surface area contributed by atoms with Gasteiger partial charge in [0.25, 0.3) is 0 Å². The lowest BCUT2D eigenvalue weighted by atomic mass is 9.77. The van der Waals surface area contributed by atoms with E-state index in [1.165, 1.54) is 12.1 Å². The van der Waals surface area contributed by atoms with Crippen molar-refractivity contribution in [2.24, 2.45) is 5.92 Å². The van der Waals surface area contributed by atoms with Crippen molar-refractivity contribution >= 4 is 23.1 Å². The van der Waals surface area contributed by atoms with Crippen LogP contribution < -0.4 is 20.9 Å². The average molecular weight is 503 g/mol. The summed E-state index contributed by atoms with van der Waals surface area (Å²) >= 11 is 0. The number of aliphatic hydroxyl groups excluding tert-OH is 1. The van der Waals surface area contributed by atoms with Crippen molar-refractivity contribution < 1.29 is 19.0 Å². The Kier molecular flexibility index (Phi) is 6.91. The zero-order valence-electron chi connectivity index (χ0n) is 20.8. The Morgan fingerprint density at radius 3 is 2.42 bits per heavy atom. The number of hydrogen-bond donors (Lipinski definition) is 5. The molecule has 0 spiro atoms. The minimum atomic E-state index is -0.728.